The van der Waals surface area contributed by atoms with Crippen LogP contribution in [-0.2, 0) is 22.7 Å². The van der Waals surface area contributed by atoms with E-state index in [1.807, 2.05) is 30.3 Å². The number of halogens is 1. The van der Waals surface area contributed by atoms with Crippen molar-refractivity contribution in [3.63, 3.8) is 0 Å². The summed E-state index contributed by atoms with van der Waals surface area (Å²) in [5.41, 5.74) is 1.88. The van der Waals surface area contributed by atoms with Gasteiger partial charge in [-0.2, -0.15) is 0 Å². The van der Waals surface area contributed by atoms with Gasteiger partial charge in [0.2, 0.25) is 0 Å². The fourth-order valence-electron chi connectivity index (χ4n) is 3.84. The molecule has 2 aromatic rings. The highest BCUT2D eigenvalue weighted by atomic mass is 19.1. The van der Waals surface area contributed by atoms with Gasteiger partial charge in [0.1, 0.15) is 12.4 Å². The van der Waals surface area contributed by atoms with Gasteiger partial charge in [-0.15, -0.1) is 0 Å². The summed E-state index contributed by atoms with van der Waals surface area (Å²) >= 11 is 0. The highest BCUT2D eigenvalue weighted by Gasteiger charge is 2.47. The van der Waals surface area contributed by atoms with Gasteiger partial charge >= 0.3 is 6.09 Å². The zero-order valence-electron chi connectivity index (χ0n) is 15.0. The molecule has 3 unspecified atom stereocenters. The van der Waals surface area contributed by atoms with Gasteiger partial charge in [0.05, 0.1) is 31.3 Å². The third-order valence-corrected chi connectivity index (χ3v) is 5.23. The van der Waals surface area contributed by atoms with Crippen LogP contribution in [0.25, 0.3) is 0 Å². The number of nitrogens with zero attached hydrogens (tertiary/aromatic N) is 1. The number of fused-ring (bicyclic) bond motifs is 1. The molecule has 2 aromatic carbocycles. The first kappa shape index (κ1) is 17.9. The number of ether oxygens (including phenoxy) is 2. The predicted octanol–water partition coefficient (Wildman–Crippen LogP) is 3.09. The largest absolute Gasteiger partial charge is 0.445 e. The van der Waals surface area contributed by atoms with E-state index in [1.165, 1.54) is 12.1 Å². The van der Waals surface area contributed by atoms with Crippen LogP contribution >= 0.6 is 0 Å². The standard InChI is InChI=1S/C21H23FN2O3/c22-17-8-6-16(7-9-17)13-26-19-12-24(18-10-11-23-20(18)19)21(25)27-14-15-4-2-1-3-5-15/h1-9,18-20,23H,10-14H2. The number of rotatable bonds is 5. The zero-order valence-corrected chi connectivity index (χ0v) is 15.0. The Kier molecular flexibility index (Phi) is 5.36. The lowest BCUT2D eigenvalue weighted by molar-refractivity contribution is 0.0315. The van der Waals surface area contributed by atoms with E-state index in [0.29, 0.717) is 13.2 Å². The minimum Gasteiger partial charge on any atom is -0.445 e. The number of likely N-dealkylation sites (tertiary alicyclic amines) is 1. The second-order valence-electron chi connectivity index (χ2n) is 7.00. The summed E-state index contributed by atoms with van der Waals surface area (Å²) < 4.78 is 24.6. The fourth-order valence-corrected chi connectivity index (χ4v) is 3.84. The molecule has 27 heavy (non-hydrogen) atoms. The van der Waals surface area contributed by atoms with Crippen molar-refractivity contribution < 1.29 is 18.7 Å². The number of amides is 1. The van der Waals surface area contributed by atoms with Crippen molar-refractivity contribution in [2.75, 3.05) is 13.1 Å². The number of benzene rings is 2. The Bertz CT molecular complexity index is 769. The molecule has 0 spiro atoms. The van der Waals surface area contributed by atoms with E-state index >= 15 is 0 Å². The molecule has 0 saturated carbocycles. The molecule has 3 atom stereocenters. The Morgan fingerprint density at radius 3 is 2.59 bits per heavy atom. The lowest BCUT2D eigenvalue weighted by Crippen LogP contribution is -2.40. The van der Waals surface area contributed by atoms with Gasteiger partial charge in [0.15, 0.2) is 0 Å². The van der Waals surface area contributed by atoms with Gasteiger partial charge in [-0.25, -0.2) is 9.18 Å². The van der Waals surface area contributed by atoms with E-state index in [0.717, 1.165) is 24.1 Å². The second kappa shape index (κ2) is 8.06. The first-order valence-electron chi connectivity index (χ1n) is 9.27. The van der Waals surface area contributed by atoms with Crippen LogP contribution in [0.1, 0.15) is 17.5 Å². The van der Waals surface area contributed by atoms with Crippen LogP contribution in [0.3, 0.4) is 0 Å². The first-order chi connectivity index (χ1) is 13.2. The molecule has 2 aliphatic heterocycles. The molecule has 4 rings (SSSR count). The Balaban J connectivity index is 1.35. The predicted molar refractivity (Wildman–Crippen MR) is 98.5 cm³/mol. The Morgan fingerprint density at radius 2 is 1.81 bits per heavy atom. The molecule has 5 nitrogen and oxygen atoms in total. The average Bonchev–Trinajstić information content (AvgIpc) is 3.30. The highest BCUT2D eigenvalue weighted by molar-refractivity contribution is 5.69. The van der Waals surface area contributed by atoms with Gasteiger partial charge in [0.25, 0.3) is 0 Å². The van der Waals surface area contributed by atoms with Crippen LogP contribution in [0.15, 0.2) is 54.6 Å². The van der Waals surface area contributed by atoms with E-state index in [9.17, 15) is 9.18 Å². The van der Waals surface area contributed by atoms with Crippen LogP contribution in [-0.4, -0.2) is 42.3 Å². The van der Waals surface area contributed by atoms with E-state index in [2.05, 4.69) is 5.32 Å². The highest BCUT2D eigenvalue weighted by Crippen LogP contribution is 2.29. The molecule has 1 N–H and O–H groups in total. The molecular formula is C21H23FN2O3. The van der Waals surface area contributed by atoms with Crippen molar-refractivity contribution in [3.8, 4) is 0 Å². The maximum atomic E-state index is 13.0. The van der Waals surface area contributed by atoms with E-state index < -0.39 is 0 Å². The molecule has 0 bridgehead atoms. The lowest BCUT2D eigenvalue weighted by atomic mass is 10.1. The molecule has 0 aliphatic carbocycles. The number of nitrogens with one attached hydrogen (secondary N) is 1. The zero-order chi connectivity index (χ0) is 18.6. The Morgan fingerprint density at radius 1 is 1.07 bits per heavy atom. The molecule has 0 aromatic heterocycles. The maximum absolute atomic E-state index is 13.0. The van der Waals surface area contributed by atoms with Gasteiger partial charge in [0, 0.05) is 0 Å². The number of carbonyl (C=O) groups is 1. The van der Waals surface area contributed by atoms with Crippen LogP contribution in [0, 0.1) is 5.82 Å². The van der Waals surface area contributed by atoms with Crippen LogP contribution in [0.2, 0.25) is 0 Å². The smallest absolute Gasteiger partial charge is 0.410 e. The van der Waals surface area contributed by atoms with Gasteiger partial charge < -0.3 is 19.7 Å². The van der Waals surface area contributed by atoms with E-state index in [4.69, 9.17) is 9.47 Å². The third-order valence-electron chi connectivity index (χ3n) is 5.23. The summed E-state index contributed by atoms with van der Waals surface area (Å²) in [4.78, 5) is 14.4. The molecule has 0 radical (unpaired) electrons. The molecule has 2 heterocycles. The topological polar surface area (TPSA) is 50.8 Å². The van der Waals surface area contributed by atoms with Crippen LogP contribution < -0.4 is 5.32 Å². The monoisotopic (exact) mass is 370 g/mol. The van der Waals surface area contributed by atoms with E-state index in [1.54, 1.807) is 17.0 Å². The quantitative estimate of drug-likeness (QED) is 0.879. The summed E-state index contributed by atoms with van der Waals surface area (Å²) in [7, 11) is 0. The maximum Gasteiger partial charge on any atom is 0.410 e. The van der Waals surface area contributed by atoms with Gasteiger partial charge in [-0.3, -0.25) is 0 Å². The number of hydrogen-bond acceptors (Lipinski definition) is 4. The summed E-state index contributed by atoms with van der Waals surface area (Å²) in [6.45, 7) is 2.01. The Labute approximate surface area is 158 Å². The normalized spacial score (nSPS) is 24.0. The molecule has 6 heteroatoms. The lowest BCUT2D eigenvalue weighted by Gasteiger charge is -2.22. The van der Waals surface area contributed by atoms with Gasteiger partial charge in [-0.1, -0.05) is 42.5 Å². The molecule has 2 saturated heterocycles. The molecule has 2 aliphatic rings. The molecule has 2 fully saturated rings. The van der Waals surface area contributed by atoms with Crippen LogP contribution in [0.5, 0.6) is 0 Å². The summed E-state index contributed by atoms with van der Waals surface area (Å²) in [5, 5.41) is 3.44. The van der Waals surface area contributed by atoms with Gasteiger partial charge in [-0.05, 0) is 36.2 Å². The van der Waals surface area contributed by atoms with Crippen molar-refractivity contribution in [3.05, 3.63) is 71.5 Å². The summed E-state index contributed by atoms with van der Waals surface area (Å²) in [5.74, 6) is -0.260. The molecular weight excluding hydrogens is 347 g/mol. The minimum atomic E-state index is -0.301. The number of carbonyl (C=O) groups excluding carboxylic acids is 1. The van der Waals surface area contributed by atoms with Crippen molar-refractivity contribution >= 4 is 6.09 Å². The van der Waals surface area contributed by atoms with Crippen molar-refractivity contribution in [2.24, 2.45) is 0 Å². The Hall–Kier alpha value is -2.44. The van der Waals surface area contributed by atoms with Crippen molar-refractivity contribution in [1.29, 1.82) is 0 Å². The first-order valence-corrected chi connectivity index (χ1v) is 9.27. The minimum absolute atomic E-state index is 0.0893. The summed E-state index contributed by atoms with van der Waals surface area (Å²) in [6.07, 6.45) is 0.485. The van der Waals surface area contributed by atoms with E-state index in [-0.39, 0.29) is 36.7 Å². The second-order valence-corrected chi connectivity index (χ2v) is 7.00. The van der Waals surface area contributed by atoms with Crippen LogP contribution in [0.4, 0.5) is 9.18 Å². The van der Waals surface area contributed by atoms with Crippen molar-refractivity contribution in [1.82, 2.24) is 10.2 Å². The molecule has 1 amide bonds. The van der Waals surface area contributed by atoms with Crippen molar-refractivity contribution in [2.45, 2.75) is 37.8 Å². The third kappa shape index (κ3) is 4.12. The fraction of sp³-hybridized carbons (Fsp3) is 0.381. The molecule has 142 valence electrons. The number of hydrogen-bond donors (Lipinski definition) is 1. The SMILES string of the molecule is O=C(OCc1ccccc1)N1CC(OCc2ccc(F)cc2)C2NCCC21. The summed E-state index contributed by atoms with van der Waals surface area (Å²) in [6, 6.07) is 16.1. The average molecular weight is 370 g/mol.